The molecule has 0 aliphatic carbocycles. The van der Waals surface area contributed by atoms with Crippen molar-refractivity contribution in [1.29, 1.82) is 0 Å². The molecule has 0 fully saturated rings. The van der Waals surface area contributed by atoms with Gasteiger partial charge in [0.05, 0.1) is 5.69 Å². The van der Waals surface area contributed by atoms with E-state index < -0.39 is 11.9 Å². The van der Waals surface area contributed by atoms with E-state index in [0.29, 0.717) is 11.6 Å². The van der Waals surface area contributed by atoms with Crippen molar-refractivity contribution < 1.29 is 9.18 Å². The van der Waals surface area contributed by atoms with Gasteiger partial charge in [-0.15, -0.1) is 0 Å². The highest BCUT2D eigenvalue weighted by atomic mass is 19.1. The summed E-state index contributed by atoms with van der Waals surface area (Å²) in [4.78, 5) is 12.4. The predicted octanol–water partition coefficient (Wildman–Crippen LogP) is 3.88. The lowest BCUT2D eigenvalue weighted by atomic mass is 9.89. The van der Waals surface area contributed by atoms with Gasteiger partial charge in [0.15, 0.2) is 0 Å². The van der Waals surface area contributed by atoms with Crippen LogP contribution in [0.4, 0.5) is 10.1 Å². The van der Waals surface area contributed by atoms with Crippen molar-refractivity contribution in [1.82, 2.24) is 9.78 Å². The normalized spacial score (nSPS) is 12.5. The smallest absolute Gasteiger partial charge is 0.262 e. The summed E-state index contributed by atoms with van der Waals surface area (Å²) in [6.45, 7) is 8.01. The second-order valence-corrected chi connectivity index (χ2v) is 5.95. The van der Waals surface area contributed by atoms with Crippen LogP contribution in [0, 0.1) is 18.8 Å². The van der Waals surface area contributed by atoms with E-state index in [1.807, 2.05) is 24.3 Å². The molecule has 2 aromatic rings. The SMILES string of the molecule is Cc1nn(C)c(F)c1C(=O)Nc1ccccc1C(C)C(C)C. The van der Waals surface area contributed by atoms with Crippen molar-refractivity contribution in [2.45, 2.75) is 33.6 Å². The summed E-state index contributed by atoms with van der Waals surface area (Å²) >= 11 is 0. The van der Waals surface area contributed by atoms with E-state index in [1.165, 1.54) is 7.05 Å². The first-order chi connectivity index (χ1) is 10.3. The van der Waals surface area contributed by atoms with Crippen molar-refractivity contribution in [2.24, 2.45) is 13.0 Å². The Morgan fingerprint density at radius 2 is 1.91 bits per heavy atom. The van der Waals surface area contributed by atoms with Crippen LogP contribution in [0.2, 0.25) is 0 Å². The number of aryl methyl sites for hydroxylation is 2. The molecule has 1 atom stereocenters. The minimum atomic E-state index is -0.621. The van der Waals surface area contributed by atoms with Crippen molar-refractivity contribution in [3.05, 3.63) is 47.0 Å². The summed E-state index contributed by atoms with van der Waals surface area (Å²) in [7, 11) is 1.48. The Kier molecular flexibility index (Phi) is 4.64. The van der Waals surface area contributed by atoms with Crippen LogP contribution in [0.3, 0.4) is 0 Å². The van der Waals surface area contributed by atoms with Crippen molar-refractivity contribution in [3.8, 4) is 0 Å². The van der Waals surface area contributed by atoms with E-state index in [4.69, 9.17) is 0 Å². The molecule has 1 heterocycles. The van der Waals surface area contributed by atoms with Gasteiger partial charge in [0, 0.05) is 12.7 Å². The zero-order valence-corrected chi connectivity index (χ0v) is 13.6. The molecule has 0 aliphatic rings. The molecular formula is C17H22FN3O. The number of nitrogens with zero attached hydrogens (tertiary/aromatic N) is 2. The van der Waals surface area contributed by atoms with E-state index in [2.05, 4.69) is 31.2 Å². The fourth-order valence-corrected chi connectivity index (χ4v) is 2.44. The van der Waals surface area contributed by atoms with Crippen LogP contribution >= 0.6 is 0 Å². The molecule has 0 spiro atoms. The Balaban J connectivity index is 2.33. The number of hydrogen-bond donors (Lipinski definition) is 1. The largest absolute Gasteiger partial charge is 0.322 e. The maximum Gasteiger partial charge on any atom is 0.262 e. The van der Waals surface area contributed by atoms with Crippen molar-refractivity contribution >= 4 is 11.6 Å². The Hall–Kier alpha value is -2.17. The van der Waals surface area contributed by atoms with E-state index in [-0.39, 0.29) is 11.5 Å². The quantitative estimate of drug-likeness (QED) is 0.931. The lowest BCUT2D eigenvalue weighted by molar-refractivity contribution is 0.102. The van der Waals surface area contributed by atoms with E-state index in [9.17, 15) is 9.18 Å². The number of amides is 1. The first-order valence-corrected chi connectivity index (χ1v) is 7.42. The molecule has 1 aromatic carbocycles. The van der Waals surface area contributed by atoms with Gasteiger partial charge in [-0.3, -0.25) is 4.79 Å². The predicted molar refractivity (Wildman–Crippen MR) is 85.6 cm³/mol. The first kappa shape index (κ1) is 16.2. The highest BCUT2D eigenvalue weighted by molar-refractivity contribution is 6.05. The number of carbonyl (C=O) groups is 1. The van der Waals surface area contributed by atoms with Gasteiger partial charge < -0.3 is 5.32 Å². The molecular weight excluding hydrogens is 281 g/mol. The van der Waals surface area contributed by atoms with Crippen LogP contribution < -0.4 is 5.32 Å². The van der Waals surface area contributed by atoms with Gasteiger partial charge >= 0.3 is 0 Å². The Morgan fingerprint density at radius 3 is 2.45 bits per heavy atom. The summed E-state index contributed by atoms with van der Waals surface area (Å²) in [5.74, 6) is -0.359. The monoisotopic (exact) mass is 303 g/mol. The van der Waals surface area contributed by atoms with Crippen LogP contribution in [-0.4, -0.2) is 15.7 Å². The molecule has 0 radical (unpaired) electrons. The standard InChI is InChI=1S/C17H22FN3O/c1-10(2)11(3)13-8-6-7-9-14(13)19-17(22)15-12(4)20-21(5)16(15)18/h6-11H,1-5H3,(H,19,22). The highest BCUT2D eigenvalue weighted by Crippen LogP contribution is 2.30. The topological polar surface area (TPSA) is 46.9 Å². The molecule has 0 bridgehead atoms. The molecule has 0 saturated heterocycles. The number of rotatable bonds is 4. The number of nitrogens with one attached hydrogen (secondary N) is 1. The van der Waals surface area contributed by atoms with Gasteiger partial charge in [0.1, 0.15) is 5.56 Å². The van der Waals surface area contributed by atoms with Gasteiger partial charge in [0.25, 0.3) is 5.91 Å². The van der Waals surface area contributed by atoms with Crippen LogP contribution in [-0.2, 0) is 7.05 Å². The molecule has 1 aromatic heterocycles. The maximum absolute atomic E-state index is 14.0. The molecule has 1 unspecified atom stereocenters. The Bertz CT molecular complexity index is 691. The molecule has 118 valence electrons. The van der Waals surface area contributed by atoms with Gasteiger partial charge in [-0.05, 0) is 30.4 Å². The summed E-state index contributed by atoms with van der Waals surface area (Å²) < 4.78 is 15.1. The third-order valence-corrected chi connectivity index (χ3v) is 4.08. The fraction of sp³-hybridized carbons (Fsp3) is 0.412. The molecule has 5 heteroatoms. The van der Waals surface area contributed by atoms with Crippen molar-refractivity contribution in [3.63, 3.8) is 0 Å². The summed E-state index contributed by atoms with van der Waals surface area (Å²) in [5, 5.41) is 6.77. The average Bonchev–Trinajstić information content (AvgIpc) is 2.71. The minimum Gasteiger partial charge on any atom is -0.322 e. The number of benzene rings is 1. The van der Waals surface area contributed by atoms with E-state index in [1.54, 1.807) is 6.92 Å². The average molecular weight is 303 g/mol. The zero-order chi connectivity index (χ0) is 16.4. The second-order valence-electron chi connectivity index (χ2n) is 5.95. The van der Waals surface area contributed by atoms with Gasteiger partial charge in [-0.1, -0.05) is 39.0 Å². The minimum absolute atomic E-state index is 0.00509. The van der Waals surface area contributed by atoms with Gasteiger partial charge in [0.2, 0.25) is 5.95 Å². The molecule has 2 rings (SSSR count). The lowest BCUT2D eigenvalue weighted by Gasteiger charge is -2.20. The number of para-hydroxylation sites is 1. The number of hydrogen-bond acceptors (Lipinski definition) is 2. The zero-order valence-electron chi connectivity index (χ0n) is 13.6. The van der Waals surface area contributed by atoms with Gasteiger partial charge in [-0.2, -0.15) is 9.49 Å². The highest BCUT2D eigenvalue weighted by Gasteiger charge is 2.22. The molecule has 0 aliphatic heterocycles. The second kappa shape index (κ2) is 6.30. The van der Waals surface area contributed by atoms with E-state index in [0.717, 1.165) is 15.9 Å². The van der Waals surface area contributed by atoms with Crippen LogP contribution in [0.15, 0.2) is 24.3 Å². The summed E-state index contributed by atoms with van der Waals surface area (Å²) in [6, 6.07) is 7.64. The van der Waals surface area contributed by atoms with Crippen molar-refractivity contribution in [2.75, 3.05) is 5.32 Å². The number of aromatic nitrogens is 2. The molecule has 4 nitrogen and oxygen atoms in total. The van der Waals surface area contributed by atoms with Gasteiger partial charge in [-0.25, -0.2) is 4.68 Å². The van der Waals surface area contributed by atoms with Crippen LogP contribution in [0.1, 0.15) is 48.3 Å². The van der Waals surface area contributed by atoms with E-state index >= 15 is 0 Å². The number of carbonyl (C=O) groups excluding carboxylic acids is 1. The molecule has 1 amide bonds. The number of halogens is 1. The summed E-state index contributed by atoms with van der Waals surface area (Å²) in [6.07, 6.45) is 0. The lowest BCUT2D eigenvalue weighted by Crippen LogP contribution is -2.17. The van der Waals surface area contributed by atoms with Crippen LogP contribution in [0.25, 0.3) is 0 Å². The third-order valence-electron chi connectivity index (χ3n) is 4.08. The molecule has 0 saturated carbocycles. The third kappa shape index (κ3) is 3.03. The first-order valence-electron chi connectivity index (χ1n) is 7.42. The maximum atomic E-state index is 14.0. The Morgan fingerprint density at radius 1 is 1.27 bits per heavy atom. The Labute approximate surface area is 130 Å². The fourth-order valence-electron chi connectivity index (χ4n) is 2.44. The molecule has 1 N–H and O–H groups in total. The summed E-state index contributed by atoms with van der Waals surface area (Å²) in [5.41, 5.74) is 2.14. The number of anilines is 1. The van der Waals surface area contributed by atoms with Crippen LogP contribution in [0.5, 0.6) is 0 Å². The molecule has 22 heavy (non-hydrogen) atoms.